The molecule has 98 valence electrons. The molecule has 2 aromatic rings. The van der Waals surface area contributed by atoms with E-state index >= 15 is 0 Å². The number of nitrogens with one attached hydrogen (secondary N) is 1. The van der Waals surface area contributed by atoms with Gasteiger partial charge in [-0.1, -0.05) is 32.0 Å². The second-order valence-corrected chi connectivity index (χ2v) is 5.32. The molecule has 2 nitrogen and oxygen atoms in total. The second kappa shape index (κ2) is 6.32. The van der Waals surface area contributed by atoms with E-state index in [0.29, 0.717) is 0 Å². The van der Waals surface area contributed by atoms with Crippen molar-refractivity contribution in [1.29, 1.82) is 0 Å². The molecule has 1 heterocycles. The largest absolute Gasteiger partial charge is 0.379 e. The van der Waals surface area contributed by atoms with Crippen LogP contribution in [0, 0.1) is 0 Å². The molecule has 0 saturated carbocycles. The van der Waals surface area contributed by atoms with Crippen molar-refractivity contribution in [1.82, 2.24) is 5.32 Å². The first-order valence-corrected chi connectivity index (χ1v) is 7.42. The Morgan fingerprint density at radius 2 is 2.11 bits per heavy atom. The minimum atomic E-state index is 0.220. The maximum atomic E-state index is 5.64. The van der Waals surface area contributed by atoms with Crippen molar-refractivity contribution in [3.8, 4) is 0 Å². The van der Waals surface area contributed by atoms with Crippen LogP contribution >= 0.6 is 11.3 Å². The first-order valence-electron chi connectivity index (χ1n) is 6.54. The van der Waals surface area contributed by atoms with Crippen LogP contribution in [0.5, 0.6) is 0 Å². The third kappa shape index (κ3) is 2.58. The average molecular weight is 263 g/mol. The molecular formula is C15H21NOS. The van der Waals surface area contributed by atoms with Gasteiger partial charge in [-0.2, -0.15) is 0 Å². The summed E-state index contributed by atoms with van der Waals surface area (Å²) in [4.78, 5) is 0. The van der Waals surface area contributed by atoms with Gasteiger partial charge in [0.1, 0.15) is 0 Å². The summed E-state index contributed by atoms with van der Waals surface area (Å²) in [6.45, 7) is 5.27. The predicted molar refractivity (Wildman–Crippen MR) is 79.3 cm³/mol. The van der Waals surface area contributed by atoms with Crippen LogP contribution in [0.4, 0.5) is 0 Å². The first-order chi connectivity index (χ1) is 8.81. The summed E-state index contributed by atoms with van der Waals surface area (Å²) in [6, 6.07) is 8.98. The SMILES string of the molecule is CCNC(c1cccc2ccsc12)C(CC)OC. The molecule has 0 spiro atoms. The van der Waals surface area contributed by atoms with Crippen molar-refractivity contribution in [3.63, 3.8) is 0 Å². The fraction of sp³-hybridized carbons (Fsp3) is 0.467. The number of likely N-dealkylation sites (N-methyl/N-ethyl adjacent to an activating group) is 1. The molecule has 0 saturated heterocycles. The zero-order chi connectivity index (χ0) is 13.0. The molecule has 2 rings (SSSR count). The van der Waals surface area contributed by atoms with Gasteiger partial charge in [-0.15, -0.1) is 11.3 Å². The van der Waals surface area contributed by atoms with Gasteiger partial charge in [0.25, 0.3) is 0 Å². The van der Waals surface area contributed by atoms with Crippen LogP contribution in [0.3, 0.4) is 0 Å². The van der Waals surface area contributed by atoms with Crippen molar-refractivity contribution >= 4 is 21.4 Å². The van der Waals surface area contributed by atoms with Crippen molar-refractivity contribution in [2.45, 2.75) is 32.4 Å². The van der Waals surface area contributed by atoms with E-state index < -0.39 is 0 Å². The van der Waals surface area contributed by atoms with E-state index in [9.17, 15) is 0 Å². The Labute approximate surface area is 113 Å². The monoisotopic (exact) mass is 263 g/mol. The number of ether oxygens (including phenoxy) is 1. The van der Waals surface area contributed by atoms with Gasteiger partial charge in [0.05, 0.1) is 12.1 Å². The van der Waals surface area contributed by atoms with Crippen molar-refractivity contribution in [3.05, 3.63) is 35.2 Å². The van der Waals surface area contributed by atoms with Crippen LogP contribution in [0.15, 0.2) is 29.6 Å². The molecule has 0 bridgehead atoms. The quantitative estimate of drug-likeness (QED) is 0.851. The molecule has 0 aliphatic carbocycles. The van der Waals surface area contributed by atoms with Crippen LogP contribution in [0.25, 0.3) is 10.1 Å². The summed E-state index contributed by atoms with van der Waals surface area (Å²) < 4.78 is 7.01. The van der Waals surface area contributed by atoms with E-state index in [0.717, 1.165) is 13.0 Å². The van der Waals surface area contributed by atoms with Gasteiger partial charge in [0, 0.05) is 11.8 Å². The third-order valence-corrected chi connectivity index (χ3v) is 4.32. The average Bonchev–Trinajstić information content (AvgIpc) is 2.87. The molecule has 3 heteroatoms. The van der Waals surface area contributed by atoms with E-state index in [1.165, 1.54) is 15.6 Å². The summed E-state index contributed by atoms with van der Waals surface area (Å²) in [6.07, 6.45) is 1.23. The lowest BCUT2D eigenvalue weighted by atomic mass is 9.98. The summed E-state index contributed by atoms with van der Waals surface area (Å²) in [5.74, 6) is 0. The Kier molecular flexibility index (Phi) is 4.75. The number of methoxy groups -OCH3 is 1. The zero-order valence-electron chi connectivity index (χ0n) is 11.3. The molecule has 1 aromatic heterocycles. The Morgan fingerprint density at radius 1 is 1.28 bits per heavy atom. The van der Waals surface area contributed by atoms with Gasteiger partial charge >= 0.3 is 0 Å². The number of hydrogen-bond donors (Lipinski definition) is 1. The minimum Gasteiger partial charge on any atom is -0.379 e. The summed E-state index contributed by atoms with van der Waals surface area (Å²) in [7, 11) is 1.80. The Bertz CT molecular complexity index is 490. The number of fused-ring (bicyclic) bond motifs is 1. The molecule has 18 heavy (non-hydrogen) atoms. The molecule has 0 aliphatic heterocycles. The highest BCUT2D eigenvalue weighted by atomic mass is 32.1. The van der Waals surface area contributed by atoms with Crippen LogP contribution in [0.2, 0.25) is 0 Å². The van der Waals surface area contributed by atoms with Gasteiger partial charge in [-0.3, -0.25) is 0 Å². The van der Waals surface area contributed by atoms with Gasteiger partial charge in [-0.05, 0) is 35.4 Å². The van der Waals surface area contributed by atoms with Crippen LogP contribution in [0.1, 0.15) is 31.9 Å². The van der Waals surface area contributed by atoms with E-state index in [4.69, 9.17) is 4.74 Å². The Morgan fingerprint density at radius 3 is 2.78 bits per heavy atom. The van der Waals surface area contributed by atoms with Gasteiger partial charge in [0.15, 0.2) is 0 Å². The van der Waals surface area contributed by atoms with Crippen molar-refractivity contribution in [2.24, 2.45) is 0 Å². The topological polar surface area (TPSA) is 21.3 Å². The zero-order valence-corrected chi connectivity index (χ0v) is 12.1. The molecule has 0 radical (unpaired) electrons. The lowest BCUT2D eigenvalue weighted by molar-refractivity contribution is 0.0661. The van der Waals surface area contributed by atoms with E-state index in [1.807, 2.05) is 11.3 Å². The first kappa shape index (κ1) is 13.5. The number of benzene rings is 1. The lowest BCUT2D eigenvalue weighted by Crippen LogP contribution is -2.32. The highest BCUT2D eigenvalue weighted by Gasteiger charge is 2.22. The maximum absolute atomic E-state index is 5.64. The summed E-state index contributed by atoms with van der Waals surface area (Å²) in [5, 5.41) is 7.05. The molecule has 0 fully saturated rings. The maximum Gasteiger partial charge on any atom is 0.0763 e. The number of thiophene rings is 1. The predicted octanol–water partition coefficient (Wildman–Crippen LogP) is 3.98. The smallest absolute Gasteiger partial charge is 0.0763 e. The Hall–Kier alpha value is -0.900. The minimum absolute atomic E-state index is 0.220. The number of rotatable bonds is 6. The van der Waals surface area contributed by atoms with Crippen molar-refractivity contribution < 1.29 is 4.74 Å². The van der Waals surface area contributed by atoms with E-state index in [1.54, 1.807) is 7.11 Å². The highest BCUT2D eigenvalue weighted by Crippen LogP contribution is 2.31. The summed E-state index contributed by atoms with van der Waals surface area (Å²) in [5.41, 5.74) is 1.36. The van der Waals surface area contributed by atoms with Crippen LogP contribution in [-0.4, -0.2) is 19.8 Å². The summed E-state index contributed by atoms with van der Waals surface area (Å²) >= 11 is 1.81. The Balaban J connectivity index is 2.43. The highest BCUT2D eigenvalue weighted by molar-refractivity contribution is 7.17. The number of hydrogen-bond acceptors (Lipinski definition) is 3. The molecule has 0 amide bonds. The molecular weight excluding hydrogens is 242 g/mol. The van der Waals surface area contributed by atoms with Crippen LogP contribution in [-0.2, 0) is 4.74 Å². The molecule has 2 atom stereocenters. The molecule has 0 aliphatic rings. The molecule has 1 aromatic carbocycles. The van der Waals surface area contributed by atoms with Gasteiger partial charge in [-0.25, -0.2) is 0 Å². The van der Waals surface area contributed by atoms with Gasteiger partial charge in [0.2, 0.25) is 0 Å². The standard InChI is InChI=1S/C15H21NOS/c1-4-13(17-3)14(16-5-2)12-8-6-7-11-9-10-18-15(11)12/h6-10,13-14,16H,4-5H2,1-3H3. The normalized spacial score (nSPS) is 14.8. The molecule has 1 N–H and O–H groups in total. The van der Waals surface area contributed by atoms with Crippen molar-refractivity contribution in [2.75, 3.05) is 13.7 Å². The van der Waals surface area contributed by atoms with Gasteiger partial charge < -0.3 is 10.1 Å². The van der Waals surface area contributed by atoms with E-state index in [-0.39, 0.29) is 12.1 Å². The second-order valence-electron chi connectivity index (χ2n) is 4.40. The van der Waals surface area contributed by atoms with E-state index in [2.05, 4.69) is 48.8 Å². The van der Waals surface area contributed by atoms with Crippen LogP contribution < -0.4 is 5.32 Å². The molecule has 2 unspecified atom stereocenters. The lowest BCUT2D eigenvalue weighted by Gasteiger charge is -2.26. The fourth-order valence-corrected chi connectivity index (χ4v) is 3.42. The fourth-order valence-electron chi connectivity index (χ4n) is 2.46. The third-order valence-electron chi connectivity index (χ3n) is 3.35.